The summed E-state index contributed by atoms with van der Waals surface area (Å²) in [4.78, 5) is 7.90. The molecule has 0 N–H and O–H groups in total. The average Bonchev–Trinajstić information content (AvgIpc) is 3.34. The van der Waals surface area contributed by atoms with Crippen LogP contribution in [0.1, 0.15) is 57.2 Å². The Balaban J connectivity index is 1.54. The van der Waals surface area contributed by atoms with Gasteiger partial charge in [0.05, 0.1) is 11.4 Å². The molecule has 39 heavy (non-hydrogen) atoms. The molecule has 0 atom stereocenters. The van der Waals surface area contributed by atoms with Crippen molar-refractivity contribution in [3.05, 3.63) is 90.1 Å². The molecule has 5 nitrogen and oxygen atoms in total. The minimum atomic E-state index is 0.607. The number of unbranched alkanes of at least 4 members (excludes halogenated alkanes) is 3. The summed E-state index contributed by atoms with van der Waals surface area (Å²) in [6.07, 6.45) is 5.87. The third-order valence-electron chi connectivity index (χ3n) is 7.35. The Morgan fingerprint density at radius 2 is 1.44 bits per heavy atom. The van der Waals surface area contributed by atoms with Crippen LogP contribution >= 0.6 is 0 Å². The van der Waals surface area contributed by atoms with E-state index in [4.69, 9.17) is 14.5 Å². The molecule has 0 radical (unpaired) electrons. The van der Waals surface area contributed by atoms with E-state index >= 15 is 0 Å². The van der Waals surface area contributed by atoms with Crippen molar-refractivity contribution in [1.82, 2.24) is 14.5 Å². The van der Waals surface area contributed by atoms with E-state index in [9.17, 15) is 0 Å². The van der Waals surface area contributed by atoms with Gasteiger partial charge in [-0.25, -0.2) is 4.98 Å². The van der Waals surface area contributed by atoms with Gasteiger partial charge in [0, 0.05) is 30.8 Å². The van der Waals surface area contributed by atoms with Gasteiger partial charge in [-0.2, -0.15) is 0 Å². The first-order valence-electron chi connectivity index (χ1n) is 14.6. The van der Waals surface area contributed by atoms with Crippen LogP contribution in [0.15, 0.2) is 78.9 Å². The third-order valence-corrected chi connectivity index (χ3v) is 7.35. The first-order chi connectivity index (χ1) is 19.3. The monoisotopic (exact) mass is 523 g/mol. The predicted octanol–water partition coefficient (Wildman–Crippen LogP) is 7.98. The third kappa shape index (κ3) is 6.72. The molecule has 1 aromatic heterocycles. The molecule has 1 aliphatic heterocycles. The van der Waals surface area contributed by atoms with Crippen molar-refractivity contribution < 1.29 is 9.47 Å². The molecule has 0 fully saturated rings. The first-order valence-corrected chi connectivity index (χ1v) is 14.6. The largest absolute Gasteiger partial charge is 0.486 e. The second kappa shape index (κ2) is 13.5. The van der Waals surface area contributed by atoms with Crippen molar-refractivity contribution in [3.8, 4) is 34.1 Å². The van der Waals surface area contributed by atoms with Gasteiger partial charge in [0.15, 0.2) is 11.5 Å². The second-order valence-corrected chi connectivity index (χ2v) is 10.4. The fourth-order valence-electron chi connectivity index (χ4n) is 5.29. The summed E-state index contributed by atoms with van der Waals surface area (Å²) < 4.78 is 14.2. The van der Waals surface area contributed by atoms with Crippen LogP contribution in [0, 0.1) is 0 Å². The van der Waals surface area contributed by atoms with Crippen LogP contribution in [0.2, 0.25) is 0 Å². The first kappa shape index (κ1) is 27.0. The second-order valence-electron chi connectivity index (χ2n) is 10.4. The van der Waals surface area contributed by atoms with Crippen molar-refractivity contribution in [1.29, 1.82) is 0 Å². The molecular weight excluding hydrogens is 482 g/mol. The molecule has 0 spiro atoms. The number of imidazole rings is 1. The molecular formula is C34H41N3O2. The van der Waals surface area contributed by atoms with Crippen LogP contribution in [0.3, 0.4) is 0 Å². The number of fused-ring (bicyclic) bond motifs is 1. The van der Waals surface area contributed by atoms with Crippen molar-refractivity contribution in [2.75, 3.05) is 19.8 Å². The lowest BCUT2D eigenvalue weighted by molar-refractivity contribution is 0.171. The highest BCUT2D eigenvalue weighted by molar-refractivity contribution is 5.68. The SMILES string of the molecule is CCCCCn1c(-c2ccccc2)nc(-c2ccccc2)c1CN(CCCC)Cc1ccc2c(c1)OCCO2. The Bertz CT molecular complexity index is 1320. The van der Waals surface area contributed by atoms with Crippen molar-refractivity contribution in [3.63, 3.8) is 0 Å². The molecule has 5 rings (SSSR count). The van der Waals surface area contributed by atoms with E-state index < -0.39 is 0 Å². The number of benzene rings is 3. The number of hydrogen-bond acceptors (Lipinski definition) is 4. The highest BCUT2D eigenvalue weighted by Gasteiger charge is 2.22. The molecule has 3 aromatic carbocycles. The lowest BCUT2D eigenvalue weighted by Gasteiger charge is -2.25. The van der Waals surface area contributed by atoms with E-state index in [2.05, 4.69) is 102 Å². The molecule has 204 valence electrons. The predicted molar refractivity (Wildman–Crippen MR) is 159 cm³/mol. The molecule has 0 bridgehead atoms. The van der Waals surface area contributed by atoms with Crippen LogP contribution in [0.25, 0.3) is 22.6 Å². The minimum absolute atomic E-state index is 0.607. The zero-order valence-corrected chi connectivity index (χ0v) is 23.4. The summed E-state index contributed by atoms with van der Waals surface area (Å²) in [5.41, 5.74) is 5.98. The van der Waals surface area contributed by atoms with Gasteiger partial charge in [0.25, 0.3) is 0 Å². The highest BCUT2D eigenvalue weighted by atomic mass is 16.6. The van der Waals surface area contributed by atoms with Crippen LogP contribution in [-0.4, -0.2) is 34.2 Å². The summed E-state index contributed by atoms with van der Waals surface area (Å²) in [5, 5.41) is 0. The molecule has 0 saturated carbocycles. The highest BCUT2D eigenvalue weighted by Crippen LogP contribution is 2.33. The maximum atomic E-state index is 5.89. The van der Waals surface area contributed by atoms with Crippen LogP contribution in [-0.2, 0) is 19.6 Å². The summed E-state index contributed by atoms with van der Waals surface area (Å²) >= 11 is 0. The lowest BCUT2D eigenvalue weighted by atomic mass is 10.1. The van der Waals surface area contributed by atoms with Gasteiger partial charge < -0.3 is 14.0 Å². The molecule has 2 heterocycles. The quantitative estimate of drug-likeness (QED) is 0.167. The number of aromatic nitrogens is 2. The molecule has 4 aromatic rings. The van der Waals surface area contributed by atoms with Crippen molar-refractivity contribution >= 4 is 0 Å². The van der Waals surface area contributed by atoms with Crippen LogP contribution in [0.4, 0.5) is 0 Å². The zero-order valence-electron chi connectivity index (χ0n) is 23.4. The van der Waals surface area contributed by atoms with E-state index in [1.54, 1.807) is 0 Å². The van der Waals surface area contributed by atoms with Gasteiger partial charge in [0.1, 0.15) is 19.0 Å². The fraction of sp³-hybridized carbons (Fsp3) is 0.382. The Labute approximate surface area is 233 Å². The van der Waals surface area contributed by atoms with Gasteiger partial charge in [-0.05, 0) is 37.1 Å². The van der Waals surface area contributed by atoms with Gasteiger partial charge in [0.2, 0.25) is 0 Å². The molecule has 1 aliphatic rings. The average molecular weight is 524 g/mol. The lowest BCUT2D eigenvalue weighted by Crippen LogP contribution is -2.26. The maximum Gasteiger partial charge on any atom is 0.161 e. The number of hydrogen-bond donors (Lipinski definition) is 0. The van der Waals surface area contributed by atoms with E-state index in [1.807, 2.05) is 0 Å². The van der Waals surface area contributed by atoms with Gasteiger partial charge in [-0.1, -0.05) is 99.8 Å². The van der Waals surface area contributed by atoms with Gasteiger partial charge in [-0.15, -0.1) is 0 Å². The van der Waals surface area contributed by atoms with Crippen LogP contribution < -0.4 is 9.47 Å². The Morgan fingerprint density at radius 1 is 0.744 bits per heavy atom. The van der Waals surface area contributed by atoms with E-state index in [1.165, 1.54) is 35.2 Å². The molecule has 5 heteroatoms. The van der Waals surface area contributed by atoms with Gasteiger partial charge >= 0.3 is 0 Å². The van der Waals surface area contributed by atoms with E-state index in [0.717, 1.165) is 68.5 Å². The number of rotatable bonds is 13. The zero-order chi connectivity index (χ0) is 26.9. The summed E-state index contributed by atoms with van der Waals surface area (Å²) in [7, 11) is 0. The molecule has 0 aliphatic carbocycles. The normalized spacial score (nSPS) is 12.7. The Kier molecular flexibility index (Phi) is 9.34. The number of nitrogens with zero attached hydrogens (tertiary/aromatic N) is 3. The number of ether oxygens (including phenoxy) is 2. The molecule has 0 unspecified atom stereocenters. The Morgan fingerprint density at radius 3 is 2.15 bits per heavy atom. The topological polar surface area (TPSA) is 39.5 Å². The Hall–Kier alpha value is -3.57. The molecule has 0 amide bonds. The summed E-state index contributed by atoms with van der Waals surface area (Å²) in [6, 6.07) is 27.7. The molecule has 0 saturated heterocycles. The van der Waals surface area contributed by atoms with Crippen LogP contribution in [0.5, 0.6) is 11.5 Å². The summed E-state index contributed by atoms with van der Waals surface area (Å²) in [5.74, 6) is 2.77. The fourth-order valence-corrected chi connectivity index (χ4v) is 5.29. The smallest absolute Gasteiger partial charge is 0.161 e. The minimum Gasteiger partial charge on any atom is -0.486 e. The maximum absolute atomic E-state index is 5.89. The van der Waals surface area contributed by atoms with E-state index in [0.29, 0.717) is 13.2 Å². The summed E-state index contributed by atoms with van der Waals surface area (Å²) in [6.45, 7) is 9.44. The van der Waals surface area contributed by atoms with Gasteiger partial charge in [-0.3, -0.25) is 4.90 Å². The van der Waals surface area contributed by atoms with Crippen molar-refractivity contribution in [2.24, 2.45) is 0 Å². The standard InChI is InChI=1S/C34H41N3O2/c1-3-5-13-21-37-30(33(28-14-9-7-10-15-28)35-34(37)29-16-11-8-12-17-29)26-36(20-6-4-2)25-27-18-19-31-32(24-27)39-23-22-38-31/h7-12,14-19,24H,3-6,13,20-23,25-26H2,1-2H3. The van der Waals surface area contributed by atoms with E-state index in [-0.39, 0.29) is 0 Å². The van der Waals surface area contributed by atoms with Crippen molar-refractivity contribution in [2.45, 2.75) is 65.6 Å².